The molecule has 1 heterocycles. The predicted octanol–water partition coefficient (Wildman–Crippen LogP) is 2.99. The molecule has 1 aromatic carbocycles. The second kappa shape index (κ2) is 2.52. The molecule has 0 aliphatic rings. The number of halogens is 3. The van der Waals surface area contributed by atoms with E-state index in [-0.39, 0.29) is 5.39 Å². The lowest BCUT2D eigenvalue weighted by molar-refractivity contribution is -0.136. The third kappa shape index (κ3) is 1.28. The topological polar surface area (TPSA) is 15.8 Å². The minimum absolute atomic E-state index is 0.162. The van der Waals surface area contributed by atoms with Crippen LogP contribution in [0.1, 0.15) is 5.56 Å². The highest BCUT2D eigenvalue weighted by atomic mass is 19.4. The maximum absolute atomic E-state index is 12.3. The summed E-state index contributed by atoms with van der Waals surface area (Å²) >= 11 is 0. The molecule has 0 bridgehead atoms. The van der Waals surface area contributed by atoms with Gasteiger partial charge in [0, 0.05) is 10.9 Å². The van der Waals surface area contributed by atoms with Crippen LogP contribution in [0.25, 0.3) is 10.9 Å². The smallest absolute Gasteiger partial charge is 0.353 e. The molecule has 1 aromatic heterocycles. The van der Waals surface area contributed by atoms with E-state index in [1.54, 1.807) is 18.2 Å². The van der Waals surface area contributed by atoms with E-state index in [4.69, 9.17) is 0 Å². The van der Waals surface area contributed by atoms with Crippen molar-refractivity contribution in [1.82, 2.24) is 4.98 Å². The van der Waals surface area contributed by atoms with E-state index in [9.17, 15) is 13.2 Å². The van der Waals surface area contributed by atoms with Gasteiger partial charge in [0.25, 0.3) is 0 Å². The number of para-hydroxylation sites is 1. The number of alkyl halides is 3. The first-order valence-corrected chi connectivity index (χ1v) is 3.64. The summed E-state index contributed by atoms with van der Waals surface area (Å²) < 4.78 is 36.9. The van der Waals surface area contributed by atoms with Crippen molar-refractivity contribution in [2.75, 3.05) is 0 Å². The van der Waals surface area contributed by atoms with Gasteiger partial charge in [-0.25, -0.2) is 0 Å². The van der Waals surface area contributed by atoms with Crippen LogP contribution in [0.3, 0.4) is 0 Å². The van der Waals surface area contributed by atoms with E-state index < -0.39 is 11.7 Å². The van der Waals surface area contributed by atoms with E-state index >= 15 is 0 Å². The SMILES string of the molecule is FC(F)(F)c1[c][nH]c2ccccc12. The molecule has 13 heavy (non-hydrogen) atoms. The Hall–Kier alpha value is -1.45. The Bertz CT molecular complexity index is 428. The Morgan fingerprint density at radius 2 is 1.85 bits per heavy atom. The number of rotatable bonds is 0. The predicted molar refractivity (Wildman–Crippen MR) is 42.1 cm³/mol. The molecular formula is C9H5F3N. The standard InChI is InChI=1S/C9H5F3N/c10-9(11,12)7-5-13-8-4-2-1-3-6(7)8/h1-4,13H. The molecule has 1 radical (unpaired) electrons. The molecule has 0 aliphatic heterocycles. The highest BCUT2D eigenvalue weighted by molar-refractivity contribution is 5.83. The lowest BCUT2D eigenvalue weighted by Gasteiger charge is -2.02. The van der Waals surface area contributed by atoms with Crippen LogP contribution in [0.15, 0.2) is 24.3 Å². The molecule has 1 N–H and O–H groups in total. The van der Waals surface area contributed by atoms with Gasteiger partial charge in [0.15, 0.2) is 0 Å². The van der Waals surface area contributed by atoms with Gasteiger partial charge < -0.3 is 4.98 Å². The average molecular weight is 184 g/mol. The summed E-state index contributed by atoms with van der Waals surface area (Å²) in [6.45, 7) is 0. The van der Waals surface area contributed by atoms with Crippen molar-refractivity contribution >= 4 is 10.9 Å². The molecule has 2 rings (SSSR count). The maximum atomic E-state index is 12.3. The zero-order chi connectivity index (χ0) is 9.47. The quantitative estimate of drug-likeness (QED) is 0.647. The largest absolute Gasteiger partial charge is 0.419 e. The first-order valence-electron chi connectivity index (χ1n) is 3.64. The number of hydrogen-bond acceptors (Lipinski definition) is 0. The zero-order valence-corrected chi connectivity index (χ0v) is 6.44. The second-order valence-electron chi connectivity index (χ2n) is 2.67. The normalized spacial score (nSPS) is 12.2. The molecular weight excluding hydrogens is 179 g/mol. The molecule has 4 heteroatoms. The summed E-state index contributed by atoms with van der Waals surface area (Å²) in [6.07, 6.45) is -2.23. The number of aromatic nitrogens is 1. The Kier molecular flexibility index (Phi) is 1.58. The third-order valence-corrected chi connectivity index (χ3v) is 1.80. The van der Waals surface area contributed by atoms with Crippen LogP contribution >= 0.6 is 0 Å². The maximum Gasteiger partial charge on any atom is 0.419 e. The van der Waals surface area contributed by atoms with E-state index in [1.807, 2.05) is 0 Å². The Morgan fingerprint density at radius 3 is 2.54 bits per heavy atom. The number of benzene rings is 1. The second-order valence-corrected chi connectivity index (χ2v) is 2.67. The van der Waals surface area contributed by atoms with Crippen LogP contribution in [0.4, 0.5) is 13.2 Å². The van der Waals surface area contributed by atoms with Gasteiger partial charge in [-0.1, -0.05) is 18.2 Å². The number of fused-ring (bicyclic) bond motifs is 1. The molecule has 2 aromatic rings. The van der Waals surface area contributed by atoms with Gasteiger partial charge in [0.2, 0.25) is 0 Å². The molecule has 0 aliphatic carbocycles. The highest BCUT2D eigenvalue weighted by Crippen LogP contribution is 2.33. The first kappa shape index (κ1) is 8.16. The van der Waals surface area contributed by atoms with Gasteiger partial charge in [-0.05, 0) is 6.07 Å². The minimum Gasteiger partial charge on any atom is -0.353 e. The van der Waals surface area contributed by atoms with Gasteiger partial charge in [-0.15, -0.1) is 0 Å². The number of nitrogens with one attached hydrogen (secondary N) is 1. The fourth-order valence-corrected chi connectivity index (χ4v) is 1.23. The zero-order valence-electron chi connectivity index (χ0n) is 6.44. The molecule has 0 saturated carbocycles. The lowest BCUT2D eigenvalue weighted by Crippen LogP contribution is -2.03. The van der Waals surface area contributed by atoms with Gasteiger partial charge in [-0.3, -0.25) is 0 Å². The van der Waals surface area contributed by atoms with Crippen LogP contribution < -0.4 is 0 Å². The van der Waals surface area contributed by atoms with Crippen molar-refractivity contribution in [3.05, 3.63) is 36.0 Å². The summed E-state index contributed by atoms with van der Waals surface area (Å²) in [4.78, 5) is 2.45. The van der Waals surface area contributed by atoms with Crippen LogP contribution in [0, 0.1) is 6.20 Å². The van der Waals surface area contributed by atoms with Gasteiger partial charge in [0.05, 0.1) is 11.8 Å². The molecule has 0 fully saturated rings. The van der Waals surface area contributed by atoms with Crippen LogP contribution in [-0.4, -0.2) is 4.98 Å². The number of aromatic amines is 1. The van der Waals surface area contributed by atoms with Crippen LogP contribution in [0.5, 0.6) is 0 Å². The van der Waals surface area contributed by atoms with Crippen LogP contribution in [0.2, 0.25) is 0 Å². The van der Waals surface area contributed by atoms with Gasteiger partial charge in [-0.2, -0.15) is 13.2 Å². The fraction of sp³-hybridized carbons (Fsp3) is 0.111. The Labute approximate surface area is 72.2 Å². The minimum atomic E-state index is -4.33. The fourth-order valence-electron chi connectivity index (χ4n) is 1.23. The summed E-state index contributed by atoms with van der Waals surface area (Å²) in [6, 6.07) is 6.25. The van der Waals surface area contributed by atoms with Gasteiger partial charge >= 0.3 is 6.18 Å². The van der Waals surface area contributed by atoms with E-state index in [2.05, 4.69) is 11.2 Å². The molecule has 0 unspecified atom stereocenters. The Balaban J connectivity index is 2.72. The van der Waals surface area contributed by atoms with Crippen molar-refractivity contribution in [3.63, 3.8) is 0 Å². The molecule has 0 amide bonds. The first-order chi connectivity index (χ1) is 6.09. The Morgan fingerprint density at radius 1 is 1.15 bits per heavy atom. The third-order valence-electron chi connectivity index (χ3n) is 1.80. The van der Waals surface area contributed by atoms with Crippen molar-refractivity contribution in [2.45, 2.75) is 6.18 Å². The number of hydrogen-bond donors (Lipinski definition) is 1. The summed E-state index contributed by atoms with van der Waals surface area (Å²) in [7, 11) is 0. The molecule has 0 atom stereocenters. The monoisotopic (exact) mass is 184 g/mol. The van der Waals surface area contributed by atoms with E-state index in [0.29, 0.717) is 5.52 Å². The molecule has 0 saturated heterocycles. The molecule has 1 nitrogen and oxygen atoms in total. The van der Waals surface area contributed by atoms with Crippen molar-refractivity contribution in [2.24, 2.45) is 0 Å². The summed E-state index contributed by atoms with van der Waals surface area (Å²) in [5.74, 6) is 0. The molecule has 0 spiro atoms. The van der Waals surface area contributed by atoms with Crippen LogP contribution in [-0.2, 0) is 6.18 Å². The number of H-pyrrole nitrogens is 1. The van der Waals surface area contributed by atoms with E-state index in [0.717, 1.165) is 0 Å². The highest BCUT2D eigenvalue weighted by Gasteiger charge is 2.33. The summed E-state index contributed by atoms with van der Waals surface area (Å²) in [5, 5.41) is 0.162. The average Bonchev–Trinajstić information content (AvgIpc) is 2.45. The van der Waals surface area contributed by atoms with Crippen molar-refractivity contribution in [1.29, 1.82) is 0 Å². The molecule has 67 valence electrons. The van der Waals surface area contributed by atoms with Gasteiger partial charge in [0.1, 0.15) is 0 Å². The van der Waals surface area contributed by atoms with Crippen molar-refractivity contribution < 1.29 is 13.2 Å². The lowest BCUT2D eigenvalue weighted by atomic mass is 10.2. The van der Waals surface area contributed by atoms with Crippen molar-refractivity contribution in [3.8, 4) is 0 Å². The van der Waals surface area contributed by atoms with E-state index in [1.165, 1.54) is 6.07 Å². The summed E-state index contributed by atoms with van der Waals surface area (Å²) in [5.41, 5.74) is -0.280.